The number of nitrogens with two attached hydrogens (primary N) is 1. The number of rotatable bonds is 2. The summed E-state index contributed by atoms with van der Waals surface area (Å²) in [5, 5.41) is 0. The molecule has 0 amide bonds. The first-order chi connectivity index (χ1) is 9.22. The van der Waals surface area contributed by atoms with Crippen LogP contribution in [-0.2, 0) is 6.42 Å². The molecule has 104 valence electrons. The normalized spacial score (nSPS) is 30.7. The van der Waals surface area contributed by atoms with Gasteiger partial charge in [-0.1, -0.05) is 13.0 Å². The van der Waals surface area contributed by atoms with Gasteiger partial charge in [-0.2, -0.15) is 0 Å². The molecule has 3 rings (SSSR count). The number of benzene rings is 1. The molecular formula is C17H25NO. The van der Waals surface area contributed by atoms with Crippen LogP contribution in [0.5, 0.6) is 5.75 Å². The van der Waals surface area contributed by atoms with Crippen LogP contribution in [0.15, 0.2) is 18.2 Å². The molecule has 1 fully saturated rings. The molecule has 2 nitrogen and oxygen atoms in total. The Bertz CT molecular complexity index is 435. The first-order valence-electron chi connectivity index (χ1n) is 7.77. The minimum absolute atomic E-state index is 0.207. The highest BCUT2D eigenvalue weighted by Crippen LogP contribution is 2.33. The molecule has 2 heteroatoms. The molecule has 0 heterocycles. The molecule has 2 aliphatic carbocycles. The van der Waals surface area contributed by atoms with Crippen molar-refractivity contribution < 1.29 is 4.74 Å². The Kier molecular flexibility index (Phi) is 3.79. The summed E-state index contributed by atoms with van der Waals surface area (Å²) in [6, 6.07) is 6.75. The van der Waals surface area contributed by atoms with Gasteiger partial charge in [0.05, 0.1) is 6.10 Å². The summed E-state index contributed by atoms with van der Waals surface area (Å²) in [5.74, 6) is 1.90. The standard InChI is InChI=1S/C17H25NO/c1-12-5-8-14(9-6-12)19-15-10-7-13-3-2-4-17(18)16(13)11-15/h7,10-12,14,17H,2-6,8-9,18H2,1H3/t12?,14?,17-/m1/s1. The van der Waals surface area contributed by atoms with Crippen LogP contribution in [0.25, 0.3) is 0 Å². The van der Waals surface area contributed by atoms with Crippen molar-refractivity contribution in [3.05, 3.63) is 29.3 Å². The van der Waals surface area contributed by atoms with Crippen molar-refractivity contribution in [3.63, 3.8) is 0 Å². The van der Waals surface area contributed by atoms with E-state index in [0.717, 1.165) is 18.1 Å². The Morgan fingerprint density at radius 2 is 1.89 bits per heavy atom. The minimum Gasteiger partial charge on any atom is -0.490 e. The number of ether oxygens (including phenoxy) is 1. The van der Waals surface area contributed by atoms with Crippen molar-refractivity contribution in [2.45, 2.75) is 64.0 Å². The molecule has 1 atom stereocenters. The number of hydrogen-bond donors (Lipinski definition) is 1. The fourth-order valence-corrected chi connectivity index (χ4v) is 3.43. The Hall–Kier alpha value is -1.02. The van der Waals surface area contributed by atoms with Crippen molar-refractivity contribution in [1.82, 2.24) is 0 Å². The van der Waals surface area contributed by atoms with Gasteiger partial charge in [-0.15, -0.1) is 0 Å². The lowest BCUT2D eigenvalue weighted by molar-refractivity contribution is 0.135. The molecule has 0 bridgehead atoms. The second-order valence-electron chi connectivity index (χ2n) is 6.36. The lowest BCUT2D eigenvalue weighted by atomic mass is 9.87. The molecule has 1 saturated carbocycles. The third kappa shape index (κ3) is 2.94. The molecule has 0 spiro atoms. The lowest BCUT2D eigenvalue weighted by Crippen LogP contribution is -2.23. The van der Waals surface area contributed by atoms with Crippen LogP contribution < -0.4 is 10.5 Å². The predicted octanol–water partition coefficient (Wildman–Crippen LogP) is 3.98. The average Bonchev–Trinajstić information content (AvgIpc) is 2.42. The van der Waals surface area contributed by atoms with Crippen molar-refractivity contribution in [2.24, 2.45) is 11.7 Å². The summed E-state index contributed by atoms with van der Waals surface area (Å²) in [6.45, 7) is 2.34. The second kappa shape index (κ2) is 5.54. The van der Waals surface area contributed by atoms with Gasteiger partial charge in [0.1, 0.15) is 5.75 Å². The SMILES string of the molecule is CC1CCC(Oc2ccc3c(c2)[C@H](N)CCC3)CC1. The van der Waals surface area contributed by atoms with Gasteiger partial charge in [0.15, 0.2) is 0 Å². The van der Waals surface area contributed by atoms with Crippen LogP contribution in [0.3, 0.4) is 0 Å². The van der Waals surface area contributed by atoms with Crippen LogP contribution in [0.4, 0.5) is 0 Å². The third-order valence-corrected chi connectivity index (χ3v) is 4.74. The Morgan fingerprint density at radius 3 is 2.68 bits per heavy atom. The first-order valence-corrected chi connectivity index (χ1v) is 7.77. The molecule has 0 aromatic heterocycles. The summed E-state index contributed by atoms with van der Waals surface area (Å²) in [7, 11) is 0. The van der Waals surface area contributed by atoms with E-state index >= 15 is 0 Å². The fraction of sp³-hybridized carbons (Fsp3) is 0.647. The van der Waals surface area contributed by atoms with E-state index in [-0.39, 0.29) is 6.04 Å². The van der Waals surface area contributed by atoms with E-state index in [4.69, 9.17) is 10.5 Å². The van der Waals surface area contributed by atoms with Gasteiger partial charge in [-0.3, -0.25) is 0 Å². The van der Waals surface area contributed by atoms with Gasteiger partial charge in [0.2, 0.25) is 0 Å². The smallest absolute Gasteiger partial charge is 0.120 e. The summed E-state index contributed by atoms with van der Waals surface area (Å²) < 4.78 is 6.16. The summed E-state index contributed by atoms with van der Waals surface area (Å²) in [4.78, 5) is 0. The highest BCUT2D eigenvalue weighted by Gasteiger charge is 2.21. The van der Waals surface area contributed by atoms with Crippen molar-refractivity contribution >= 4 is 0 Å². The molecule has 1 aromatic carbocycles. The molecule has 0 radical (unpaired) electrons. The monoisotopic (exact) mass is 259 g/mol. The average molecular weight is 259 g/mol. The number of aryl methyl sites for hydroxylation is 1. The van der Waals surface area contributed by atoms with E-state index in [1.165, 1.54) is 49.7 Å². The maximum Gasteiger partial charge on any atom is 0.120 e. The van der Waals surface area contributed by atoms with E-state index in [2.05, 4.69) is 25.1 Å². The molecule has 19 heavy (non-hydrogen) atoms. The van der Waals surface area contributed by atoms with E-state index in [0.29, 0.717) is 6.10 Å². The quantitative estimate of drug-likeness (QED) is 0.872. The van der Waals surface area contributed by atoms with Gasteiger partial charge in [0, 0.05) is 6.04 Å². The molecule has 1 aromatic rings. The molecule has 0 aliphatic heterocycles. The summed E-state index contributed by atoms with van der Waals surface area (Å²) in [6.07, 6.45) is 8.91. The van der Waals surface area contributed by atoms with E-state index in [9.17, 15) is 0 Å². The number of fused-ring (bicyclic) bond motifs is 1. The highest BCUT2D eigenvalue weighted by atomic mass is 16.5. The summed E-state index contributed by atoms with van der Waals surface area (Å²) >= 11 is 0. The molecule has 0 saturated heterocycles. The van der Waals surface area contributed by atoms with Gasteiger partial charge >= 0.3 is 0 Å². The number of hydrogen-bond acceptors (Lipinski definition) is 2. The largest absolute Gasteiger partial charge is 0.490 e. The van der Waals surface area contributed by atoms with Crippen molar-refractivity contribution in [3.8, 4) is 5.75 Å². The van der Waals surface area contributed by atoms with Crippen LogP contribution in [0.2, 0.25) is 0 Å². The van der Waals surface area contributed by atoms with Gasteiger partial charge < -0.3 is 10.5 Å². The fourth-order valence-electron chi connectivity index (χ4n) is 3.43. The summed E-state index contributed by atoms with van der Waals surface area (Å²) in [5.41, 5.74) is 8.94. The van der Waals surface area contributed by atoms with Crippen molar-refractivity contribution in [2.75, 3.05) is 0 Å². The molecule has 2 aliphatic rings. The van der Waals surface area contributed by atoms with Gasteiger partial charge in [0.25, 0.3) is 0 Å². The molecular weight excluding hydrogens is 234 g/mol. The molecule has 0 unspecified atom stereocenters. The zero-order valence-electron chi connectivity index (χ0n) is 11.9. The van der Waals surface area contributed by atoms with Crippen LogP contribution in [0.1, 0.15) is 62.6 Å². The maximum atomic E-state index is 6.21. The Balaban J connectivity index is 1.70. The second-order valence-corrected chi connectivity index (χ2v) is 6.36. The molecule has 2 N–H and O–H groups in total. The van der Waals surface area contributed by atoms with E-state index < -0.39 is 0 Å². The van der Waals surface area contributed by atoms with Crippen LogP contribution in [-0.4, -0.2) is 6.10 Å². The third-order valence-electron chi connectivity index (χ3n) is 4.74. The lowest BCUT2D eigenvalue weighted by Gasteiger charge is -2.28. The van der Waals surface area contributed by atoms with Crippen LogP contribution >= 0.6 is 0 Å². The zero-order chi connectivity index (χ0) is 13.2. The predicted molar refractivity (Wildman–Crippen MR) is 78.4 cm³/mol. The van der Waals surface area contributed by atoms with Gasteiger partial charge in [-0.25, -0.2) is 0 Å². The van der Waals surface area contributed by atoms with Crippen LogP contribution in [0, 0.1) is 5.92 Å². The minimum atomic E-state index is 0.207. The Labute approximate surface area is 116 Å². The first kappa shape index (κ1) is 13.0. The Morgan fingerprint density at radius 1 is 1.11 bits per heavy atom. The van der Waals surface area contributed by atoms with Crippen molar-refractivity contribution in [1.29, 1.82) is 0 Å². The topological polar surface area (TPSA) is 35.2 Å². The maximum absolute atomic E-state index is 6.21. The zero-order valence-corrected chi connectivity index (χ0v) is 11.9. The van der Waals surface area contributed by atoms with Gasteiger partial charge in [-0.05, 0) is 74.1 Å². The highest BCUT2D eigenvalue weighted by molar-refractivity contribution is 5.39. The van der Waals surface area contributed by atoms with E-state index in [1.54, 1.807) is 0 Å². The van der Waals surface area contributed by atoms with E-state index in [1.807, 2.05) is 0 Å².